The van der Waals surface area contributed by atoms with Gasteiger partial charge in [0.15, 0.2) is 5.12 Å². The Morgan fingerprint density at radius 3 is 2.46 bits per heavy atom. The number of hydrogen-bond acceptors (Lipinski definition) is 2. The second-order valence-corrected chi connectivity index (χ2v) is 3.03. The average molecular weight is 196 g/mol. The summed E-state index contributed by atoms with van der Waals surface area (Å²) in [6, 6.07) is 6.39. The van der Waals surface area contributed by atoms with E-state index >= 15 is 0 Å². The van der Waals surface area contributed by atoms with Crippen molar-refractivity contribution in [3.8, 4) is 0 Å². The highest BCUT2D eigenvalue weighted by molar-refractivity contribution is 7.96. The Hall–Kier alpha value is -1.29. The summed E-state index contributed by atoms with van der Waals surface area (Å²) in [7, 11) is 0. The van der Waals surface area contributed by atoms with Gasteiger partial charge in [0.1, 0.15) is 0 Å². The number of carbonyl (C=O) groups excluding carboxylic acids is 1. The lowest BCUT2D eigenvalue weighted by Gasteiger charge is -2.01. The van der Waals surface area contributed by atoms with Gasteiger partial charge in [-0.2, -0.15) is 0 Å². The van der Waals surface area contributed by atoms with Crippen molar-refractivity contribution in [1.29, 1.82) is 0 Å². The smallest absolute Gasteiger partial charge is 0.335 e. The van der Waals surface area contributed by atoms with E-state index in [-0.39, 0.29) is 17.1 Å². The molecule has 0 spiro atoms. The van der Waals surface area contributed by atoms with E-state index in [2.05, 4.69) is 12.6 Å². The molecular formula is C9H8O3S. The maximum Gasteiger partial charge on any atom is 0.335 e. The highest BCUT2D eigenvalue weighted by Crippen LogP contribution is 2.10. The molecule has 4 heteroatoms. The normalized spacial score (nSPS) is 9.62. The highest BCUT2D eigenvalue weighted by atomic mass is 32.1. The maximum atomic E-state index is 10.7. The van der Waals surface area contributed by atoms with Crippen molar-refractivity contribution >= 4 is 23.7 Å². The van der Waals surface area contributed by atoms with Crippen LogP contribution < -0.4 is 0 Å². The summed E-state index contributed by atoms with van der Waals surface area (Å²) in [4.78, 5) is 21.3. The fraction of sp³-hybridized carbons (Fsp3) is 0.111. The number of aromatic carboxylic acids is 1. The topological polar surface area (TPSA) is 54.4 Å². The Morgan fingerprint density at radius 2 is 1.92 bits per heavy atom. The van der Waals surface area contributed by atoms with Gasteiger partial charge in [0.25, 0.3) is 0 Å². The summed E-state index contributed by atoms with van der Waals surface area (Å²) in [6.45, 7) is 0. The number of carbonyl (C=O) groups is 2. The lowest BCUT2D eigenvalue weighted by atomic mass is 10.1. The van der Waals surface area contributed by atoms with Crippen molar-refractivity contribution in [1.82, 2.24) is 0 Å². The summed E-state index contributed by atoms with van der Waals surface area (Å²) in [6.07, 6.45) is 0.0472. The minimum absolute atomic E-state index is 0.0472. The molecule has 3 nitrogen and oxygen atoms in total. The van der Waals surface area contributed by atoms with Crippen LogP contribution in [0.2, 0.25) is 0 Å². The molecular weight excluding hydrogens is 188 g/mol. The molecule has 0 saturated heterocycles. The molecule has 0 atom stereocenters. The lowest BCUT2D eigenvalue weighted by Crippen LogP contribution is -2.04. The zero-order valence-electron chi connectivity index (χ0n) is 6.73. The first-order valence-electron chi connectivity index (χ1n) is 3.64. The minimum Gasteiger partial charge on any atom is -0.478 e. The van der Waals surface area contributed by atoms with Crippen LogP contribution in [-0.4, -0.2) is 16.2 Å². The third kappa shape index (κ3) is 2.59. The molecule has 0 saturated carbocycles. The average Bonchev–Trinajstić information content (AvgIpc) is 2.03. The van der Waals surface area contributed by atoms with Gasteiger partial charge >= 0.3 is 5.97 Å². The summed E-state index contributed by atoms with van der Waals surface area (Å²) >= 11 is 3.59. The summed E-state index contributed by atoms with van der Waals surface area (Å²) in [5.41, 5.74) is 0.653. The molecule has 0 aromatic heterocycles. The Kier molecular flexibility index (Phi) is 3.08. The van der Waals surface area contributed by atoms with Crippen molar-refractivity contribution < 1.29 is 14.7 Å². The summed E-state index contributed by atoms with van der Waals surface area (Å²) < 4.78 is 0. The van der Waals surface area contributed by atoms with Gasteiger partial charge in [-0.25, -0.2) is 4.79 Å². The molecule has 68 valence electrons. The van der Waals surface area contributed by atoms with Gasteiger partial charge in [0, 0.05) is 6.42 Å². The van der Waals surface area contributed by atoms with E-state index in [0.29, 0.717) is 5.56 Å². The molecule has 0 aliphatic rings. The zero-order chi connectivity index (χ0) is 9.84. The molecule has 0 fully saturated rings. The standard InChI is InChI=1S/C9H8O3S/c10-8(13)5-6-3-1-2-4-7(6)9(11)12/h1-4H,5H2,(H,10,13)(H,11,12). The zero-order valence-corrected chi connectivity index (χ0v) is 7.62. The van der Waals surface area contributed by atoms with Crippen LogP contribution >= 0.6 is 12.6 Å². The van der Waals surface area contributed by atoms with Gasteiger partial charge in [-0.15, -0.1) is 12.6 Å². The molecule has 0 unspecified atom stereocenters. The fourth-order valence-corrected chi connectivity index (χ4v) is 1.22. The monoisotopic (exact) mass is 196 g/mol. The molecule has 0 aliphatic carbocycles. The van der Waals surface area contributed by atoms with E-state index in [1.54, 1.807) is 18.2 Å². The minimum atomic E-state index is -1.02. The third-order valence-electron chi connectivity index (χ3n) is 1.59. The predicted octanol–water partition coefficient (Wildman–Crippen LogP) is 1.38. The molecule has 1 aromatic carbocycles. The fourth-order valence-electron chi connectivity index (χ4n) is 1.05. The Balaban J connectivity index is 3.04. The predicted molar refractivity (Wildman–Crippen MR) is 51.1 cm³/mol. The summed E-state index contributed by atoms with van der Waals surface area (Å²) in [5, 5.41) is 8.40. The number of thiol groups is 1. The van der Waals surface area contributed by atoms with Crippen LogP contribution in [-0.2, 0) is 11.2 Å². The first-order valence-corrected chi connectivity index (χ1v) is 4.09. The largest absolute Gasteiger partial charge is 0.478 e. The molecule has 0 heterocycles. The first kappa shape index (κ1) is 9.80. The Bertz CT molecular complexity index is 346. The molecule has 0 bridgehead atoms. The van der Waals surface area contributed by atoms with E-state index in [1.807, 2.05) is 0 Å². The van der Waals surface area contributed by atoms with Crippen molar-refractivity contribution in [2.75, 3.05) is 0 Å². The quantitative estimate of drug-likeness (QED) is 0.718. The van der Waals surface area contributed by atoms with E-state index in [4.69, 9.17) is 5.11 Å². The van der Waals surface area contributed by atoms with Crippen LogP contribution in [0.4, 0.5) is 0 Å². The lowest BCUT2D eigenvalue weighted by molar-refractivity contribution is -0.110. The molecule has 0 amide bonds. The van der Waals surface area contributed by atoms with E-state index in [1.165, 1.54) is 6.07 Å². The van der Waals surface area contributed by atoms with Crippen LogP contribution in [0.1, 0.15) is 15.9 Å². The van der Waals surface area contributed by atoms with Crippen LogP contribution in [0, 0.1) is 0 Å². The number of carboxylic acid groups (broad SMARTS) is 1. The molecule has 1 aromatic rings. The molecule has 1 rings (SSSR count). The van der Waals surface area contributed by atoms with Gasteiger partial charge in [-0.1, -0.05) is 18.2 Å². The first-order chi connectivity index (χ1) is 6.11. The van der Waals surface area contributed by atoms with Gasteiger partial charge in [0.2, 0.25) is 0 Å². The Labute approximate surface area is 80.8 Å². The second kappa shape index (κ2) is 4.09. The SMILES string of the molecule is O=C(S)Cc1ccccc1C(=O)O. The van der Waals surface area contributed by atoms with Crippen molar-refractivity contribution in [2.45, 2.75) is 6.42 Å². The van der Waals surface area contributed by atoms with Crippen molar-refractivity contribution in [2.24, 2.45) is 0 Å². The second-order valence-electron chi connectivity index (χ2n) is 2.53. The number of hydrogen-bond donors (Lipinski definition) is 2. The molecule has 0 aliphatic heterocycles. The van der Waals surface area contributed by atoms with E-state index < -0.39 is 5.97 Å². The highest BCUT2D eigenvalue weighted by Gasteiger charge is 2.09. The van der Waals surface area contributed by atoms with E-state index in [9.17, 15) is 9.59 Å². The van der Waals surface area contributed by atoms with Gasteiger partial charge < -0.3 is 5.11 Å². The van der Waals surface area contributed by atoms with Crippen LogP contribution in [0.15, 0.2) is 24.3 Å². The Morgan fingerprint density at radius 1 is 1.31 bits per heavy atom. The van der Waals surface area contributed by atoms with Crippen LogP contribution in [0.5, 0.6) is 0 Å². The number of rotatable bonds is 3. The van der Waals surface area contributed by atoms with E-state index in [0.717, 1.165) is 0 Å². The van der Waals surface area contributed by atoms with Crippen molar-refractivity contribution in [3.05, 3.63) is 35.4 Å². The maximum absolute atomic E-state index is 10.7. The van der Waals surface area contributed by atoms with Gasteiger partial charge in [0.05, 0.1) is 5.56 Å². The third-order valence-corrected chi connectivity index (χ3v) is 1.75. The summed E-state index contributed by atoms with van der Waals surface area (Å²) in [5.74, 6) is -1.02. The van der Waals surface area contributed by atoms with Crippen LogP contribution in [0.3, 0.4) is 0 Å². The number of carboxylic acids is 1. The van der Waals surface area contributed by atoms with Crippen LogP contribution in [0.25, 0.3) is 0 Å². The van der Waals surface area contributed by atoms with Crippen molar-refractivity contribution in [3.63, 3.8) is 0 Å². The van der Waals surface area contributed by atoms with Gasteiger partial charge in [-0.05, 0) is 11.6 Å². The van der Waals surface area contributed by atoms with Gasteiger partial charge in [-0.3, -0.25) is 4.79 Å². The molecule has 1 N–H and O–H groups in total. The molecule has 0 radical (unpaired) electrons. The number of benzene rings is 1. The molecule has 13 heavy (non-hydrogen) atoms.